The summed E-state index contributed by atoms with van der Waals surface area (Å²) in [5.41, 5.74) is 1.01. The van der Waals surface area contributed by atoms with Gasteiger partial charge in [0.15, 0.2) is 0 Å². The molecule has 0 radical (unpaired) electrons. The predicted octanol–water partition coefficient (Wildman–Crippen LogP) is 3.80. The number of nitrogens with zero attached hydrogens (tertiary/aromatic N) is 2. The molecule has 0 aromatic heterocycles. The Balaban J connectivity index is 1.61. The largest absolute Gasteiger partial charge is 0.311 e. The Morgan fingerprint density at radius 1 is 0.958 bits per heavy atom. The maximum Gasteiger partial charge on any atom is 0.233 e. The monoisotopic (exact) mass is 326 g/mol. The first-order chi connectivity index (χ1) is 11.6. The number of amides is 1. The first-order valence-corrected chi connectivity index (χ1v) is 9.57. The number of likely N-dealkylation sites (N-methyl/N-ethyl adjacent to an activating group) is 1. The zero-order valence-corrected chi connectivity index (χ0v) is 15.1. The van der Waals surface area contributed by atoms with Crippen molar-refractivity contribution in [3.05, 3.63) is 30.3 Å². The first-order valence-electron chi connectivity index (χ1n) is 9.57. The normalized spacial score (nSPS) is 33.9. The summed E-state index contributed by atoms with van der Waals surface area (Å²) in [5, 5.41) is 0. The lowest BCUT2D eigenvalue weighted by Crippen LogP contribution is -2.55. The van der Waals surface area contributed by atoms with Crippen LogP contribution < -0.4 is 4.90 Å². The number of benzene rings is 1. The molecule has 4 bridgehead atoms. The molecule has 4 saturated carbocycles. The maximum atomic E-state index is 13.7. The van der Waals surface area contributed by atoms with Gasteiger partial charge in [0.1, 0.15) is 0 Å². The Bertz CT molecular complexity index is 560. The summed E-state index contributed by atoms with van der Waals surface area (Å²) in [4.78, 5) is 18.0. The van der Waals surface area contributed by atoms with E-state index in [2.05, 4.69) is 36.0 Å². The lowest BCUT2D eigenvalue weighted by molar-refractivity contribution is -0.143. The van der Waals surface area contributed by atoms with Gasteiger partial charge in [-0.2, -0.15) is 0 Å². The van der Waals surface area contributed by atoms with Crippen LogP contribution in [-0.4, -0.2) is 38.0 Å². The van der Waals surface area contributed by atoms with Crippen LogP contribution in [0.15, 0.2) is 30.3 Å². The molecule has 4 fully saturated rings. The lowest BCUT2D eigenvalue weighted by Gasteiger charge is -2.56. The Kier molecular flexibility index (Phi) is 4.16. The molecule has 4 aliphatic rings. The van der Waals surface area contributed by atoms with Crippen LogP contribution in [0.25, 0.3) is 0 Å². The van der Waals surface area contributed by atoms with Crippen LogP contribution in [0.1, 0.15) is 38.5 Å². The maximum absolute atomic E-state index is 13.7. The van der Waals surface area contributed by atoms with E-state index in [-0.39, 0.29) is 5.41 Å². The Labute approximate surface area is 146 Å². The molecule has 0 heterocycles. The highest BCUT2D eigenvalue weighted by molar-refractivity contribution is 5.98. The van der Waals surface area contributed by atoms with Crippen LogP contribution in [0, 0.1) is 23.2 Å². The van der Waals surface area contributed by atoms with Crippen molar-refractivity contribution in [2.75, 3.05) is 32.1 Å². The Morgan fingerprint density at radius 3 is 2.00 bits per heavy atom. The third-order valence-electron chi connectivity index (χ3n) is 6.58. The van der Waals surface area contributed by atoms with Crippen molar-refractivity contribution in [3.63, 3.8) is 0 Å². The molecule has 0 unspecified atom stereocenters. The molecule has 0 saturated heterocycles. The molecule has 130 valence electrons. The van der Waals surface area contributed by atoms with E-state index in [1.165, 1.54) is 19.3 Å². The van der Waals surface area contributed by atoms with E-state index < -0.39 is 0 Å². The smallest absolute Gasteiger partial charge is 0.233 e. The second-order valence-electron chi connectivity index (χ2n) is 8.79. The number of carbonyl (C=O) groups is 1. The summed E-state index contributed by atoms with van der Waals surface area (Å²) in [6.45, 7) is 1.70. The van der Waals surface area contributed by atoms with Crippen molar-refractivity contribution >= 4 is 11.6 Å². The van der Waals surface area contributed by atoms with Gasteiger partial charge in [-0.15, -0.1) is 0 Å². The number of hydrogen-bond donors (Lipinski definition) is 0. The van der Waals surface area contributed by atoms with Crippen LogP contribution in [0.2, 0.25) is 0 Å². The molecule has 5 rings (SSSR count). The molecular weight excluding hydrogens is 296 g/mol. The molecule has 4 aliphatic carbocycles. The molecule has 3 heteroatoms. The van der Waals surface area contributed by atoms with E-state index in [0.717, 1.165) is 55.8 Å². The summed E-state index contributed by atoms with van der Waals surface area (Å²) in [6, 6.07) is 10.3. The van der Waals surface area contributed by atoms with Crippen LogP contribution in [0.4, 0.5) is 5.69 Å². The fraction of sp³-hybridized carbons (Fsp3) is 0.667. The average Bonchev–Trinajstić information content (AvgIpc) is 2.54. The minimum atomic E-state index is -0.0586. The summed E-state index contributed by atoms with van der Waals surface area (Å²) in [6.07, 6.45) is 7.58. The fourth-order valence-corrected chi connectivity index (χ4v) is 5.91. The zero-order valence-electron chi connectivity index (χ0n) is 15.1. The number of para-hydroxylation sites is 1. The van der Waals surface area contributed by atoms with Gasteiger partial charge in [0.05, 0.1) is 5.41 Å². The number of rotatable bonds is 5. The molecule has 3 nitrogen and oxygen atoms in total. The number of anilines is 1. The van der Waals surface area contributed by atoms with Gasteiger partial charge in [-0.3, -0.25) is 4.79 Å². The van der Waals surface area contributed by atoms with Crippen LogP contribution >= 0.6 is 0 Å². The van der Waals surface area contributed by atoms with E-state index in [1.807, 2.05) is 18.2 Å². The molecule has 1 aromatic rings. The van der Waals surface area contributed by atoms with Crippen molar-refractivity contribution in [1.82, 2.24) is 4.90 Å². The molecule has 0 spiro atoms. The van der Waals surface area contributed by atoms with Gasteiger partial charge < -0.3 is 9.80 Å². The van der Waals surface area contributed by atoms with Gasteiger partial charge in [0.2, 0.25) is 5.91 Å². The third-order valence-corrected chi connectivity index (χ3v) is 6.58. The average molecular weight is 326 g/mol. The van der Waals surface area contributed by atoms with Gasteiger partial charge in [-0.25, -0.2) is 0 Å². The van der Waals surface area contributed by atoms with E-state index in [0.29, 0.717) is 5.91 Å². The van der Waals surface area contributed by atoms with Crippen molar-refractivity contribution in [3.8, 4) is 0 Å². The zero-order chi connectivity index (χ0) is 16.7. The molecule has 0 atom stereocenters. The fourth-order valence-electron chi connectivity index (χ4n) is 5.91. The highest BCUT2D eigenvalue weighted by Gasteiger charge is 2.55. The molecule has 1 amide bonds. The highest BCUT2D eigenvalue weighted by atomic mass is 16.2. The number of carbonyl (C=O) groups excluding carboxylic acids is 1. The topological polar surface area (TPSA) is 23.6 Å². The first kappa shape index (κ1) is 16.1. The second kappa shape index (κ2) is 6.18. The molecule has 1 aromatic carbocycles. The van der Waals surface area contributed by atoms with E-state index in [1.54, 1.807) is 0 Å². The summed E-state index contributed by atoms with van der Waals surface area (Å²) in [5.74, 6) is 2.85. The quantitative estimate of drug-likeness (QED) is 0.822. The molecular formula is C21H30N2O. The molecule has 24 heavy (non-hydrogen) atoms. The van der Waals surface area contributed by atoms with E-state index in [9.17, 15) is 4.79 Å². The van der Waals surface area contributed by atoms with Gasteiger partial charge in [0, 0.05) is 18.8 Å². The molecule has 0 aliphatic heterocycles. The third kappa shape index (κ3) is 2.88. The summed E-state index contributed by atoms with van der Waals surface area (Å²) >= 11 is 0. The highest BCUT2D eigenvalue weighted by Crippen LogP contribution is 2.60. The van der Waals surface area contributed by atoms with E-state index in [4.69, 9.17) is 0 Å². The predicted molar refractivity (Wildman–Crippen MR) is 98.0 cm³/mol. The molecule has 0 N–H and O–H groups in total. The minimum absolute atomic E-state index is 0.0586. The van der Waals surface area contributed by atoms with Crippen molar-refractivity contribution in [2.24, 2.45) is 23.2 Å². The summed E-state index contributed by atoms with van der Waals surface area (Å²) < 4.78 is 0. The van der Waals surface area contributed by atoms with E-state index >= 15 is 0 Å². The Hall–Kier alpha value is -1.35. The van der Waals surface area contributed by atoms with Gasteiger partial charge in [-0.05, 0) is 82.5 Å². The van der Waals surface area contributed by atoms with Gasteiger partial charge in [0.25, 0.3) is 0 Å². The van der Waals surface area contributed by atoms with Crippen LogP contribution in [0.3, 0.4) is 0 Å². The minimum Gasteiger partial charge on any atom is -0.311 e. The van der Waals surface area contributed by atoms with Gasteiger partial charge in [-0.1, -0.05) is 18.2 Å². The Morgan fingerprint density at radius 2 is 1.50 bits per heavy atom. The second-order valence-corrected chi connectivity index (χ2v) is 8.79. The lowest BCUT2D eigenvalue weighted by atomic mass is 9.49. The SMILES string of the molecule is CN(C)CCN(C(=O)C12CC3CC(CC(C3)C1)C2)c1ccccc1. The van der Waals surface area contributed by atoms with Crippen molar-refractivity contribution in [2.45, 2.75) is 38.5 Å². The number of hydrogen-bond acceptors (Lipinski definition) is 2. The van der Waals surface area contributed by atoms with Crippen molar-refractivity contribution in [1.29, 1.82) is 0 Å². The van der Waals surface area contributed by atoms with Crippen molar-refractivity contribution < 1.29 is 4.79 Å². The van der Waals surface area contributed by atoms with Gasteiger partial charge >= 0.3 is 0 Å². The van der Waals surface area contributed by atoms with Crippen LogP contribution in [-0.2, 0) is 4.79 Å². The summed E-state index contributed by atoms with van der Waals surface area (Å²) in [7, 11) is 4.16. The standard InChI is InChI=1S/C21H30N2O/c1-22(2)8-9-23(19-6-4-3-5-7-19)20(24)21-13-16-10-17(14-21)12-18(11-16)15-21/h3-7,16-18H,8-15H2,1-2H3. The van der Waals surface area contributed by atoms with Crippen LogP contribution in [0.5, 0.6) is 0 Å².